The number of thiophene rings is 1. The Morgan fingerprint density at radius 1 is 1.44 bits per heavy atom. The Bertz CT molecular complexity index is 457. The lowest BCUT2D eigenvalue weighted by molar-refractivity contribution is 0.734. The Kier molecular flexibility index (Phi) is 4.13. The van der Waals surface area contributed by atoms with E-state index in [-0.39, 0.29) is 0 Å². The molecule has 0 unspecified atom stereocenters. The highest BCUT2D eigenvalue weighted by atomic mass is 79.9. The molecule has 0 aliphatic heterocycles. The van der Waals surface area contributed by atoms with Gasteiger partial charge in [-0.15, -0.1) is 22.7 Å². The van der Waals surface area contributed by atoms with E-state index in [9.17, 15) is 0 Å². The number of halogens is 1. The first kappa shape index (κ1) is 12.2. The molecule has 1 N–H and O–H groups in total. The van der Waals surface area contributed by atoms with Crippen LogP contribution in [-0.2, 0) is 6.54 Å². The minimum Gasteiger partial charge on any atom is -0.312 e. The molecule has 2 aromatic rings. The normalized spacial score (nSPS) is 10.9. The van der Waals surface area contributed by atoms with Crippen LogP contribution in [0.5, 0.6) is 0 Å². The fraction of sp³-hybridized carbons (Fsp3) is 0.364. The molecule has 0 aromatic carbocycles. The van der Waals surface area contributed by atoms with Crippen LogP contribution in [0.3, 0.4) is 0 Å². The summed E-state index contributed by atoms with van der Waals surface area (Å²) in [7, 11) is 0. The zero-order chi connectivity index (χ0) is 11.5. The van der Waals surface area contributed by atoms with Crippen LogP contribution in [-0.4, -0.2) is 11.5 Å². The van der Waals surface area contributed by atoms with E-state index in [1.54, 1.807) is 22.7 Å². The predicted molar refractivity (Wildman–Crippen MR) is 75.2 cm³/mol. The van der Waals surface area contributed by atoms with Crippen molar-refractivity contribution in [1.29, 1.82) is 0 Å². The molecule has 2 nitrogen and oxygen atoms in total. The van der Waals surface area contributed by atoms with Gasteiger partial charge in [-0.3, -0.25) is 0 Å². The van der Waals surface area contributed by atoms with E-state index in [1.165, 1.54) is 19.1 Å². The SMILES string of the molecule is CCNCc1cnc(-c2cc(Br)c(C)s2)s1. The average Bonchev–Trinajstić information content (AvgIpc) is 2.84. The van der Waals surface area contributed by atoms with Crippen molar-refractivity contribution in [2.45, 2.75) is 20.4 Å². The molecule has 0 radical (unpaired) electrons. The quantitative estimate of drug-likeness (QED) is 0.920. The number of aryl methyl sites for hydroxylation is 1. The van der Waals surface area contributed by atoms with Crippen LogP contribution in [0.2, 0.25) is 0 Å². The zero-order valence-electron chi connectivity index (χ0n) is 9.21. The van der Waals surface area contributed by atoms with Gasteiger partial charge in [0.15, 0.2) is 0 Å². The number of thiazole rings is 1. The Morgan fingerprint density at radius 3 is 2.88 bits per heavy atom. The number of hydrogen-bond donors (Lipinski definition) is 1. The zero-order valence-corrected chi connectivity index (χ0v) is 12.4. The highest BCUT2D eigenvalue weighted by molar-refractivity contribution is 9.10. The van der Waals surface area contributed by atoms with Gasteiger partial charge in [-0.2, -0.15) is 0 Å². The second-order valence-electron chi connectivity index (χ2n) is 3.43. The maximum absolute atomic E-state index is 4.46. The molecule has 5 heteroatoms. The molecular weight excluding hydrogens is 304 g/mol. The predicted octanol–water partition coefficient (Wildman–Crippen LogP) is 4.05. The molecule has 0 atom stereocenters. The third-order valence-electron chi connectivity index (χ3n) is 2.17. The summed E-state index contributed by atoms with van der Waals surface area (Å²) < 4.78 is 1.18. The molecule has 0 saturated heterocycles. The average molecular weight is 317 g/mol. The number of nitrogens with zero attached hydrogens (tertiary/aromatic N) is 1. The summed E-state index contributed by atoms with van der Waals surface area (Å²) >= 11 is 7.09. The maximum Gasteiger partial charge on any atom is 0.133 e. The second kappa shape index (κ2) is 5.40. The lowest BCUT2D eigenvalue weighted by Crippen LogP contribution is -2.10. The van der Waals surface area contributed by atoms with Gasteiger partial charge < -0.3 is 5.32 Å². The molecule has 2 heterocycles. The fourth-order valence-electron chi connectivity index (χ4n) is 1.32. The topological polar surface area (TPSA) is 24.9 Å². The molecule has 86 valence electrons. The van der Waals surface area contributed by atoms with Gasteiger partial charge in [0, 0.05) is 27.0 Å². The summed E-state index contributed by atoms with van der Waals surface area (Å²) in [6.07, 6.45) is 1.96. The lowest BCUT2D eigenvalue weighted by atomic mass is 10.4. The highest BCUT2D eigenvalue weighted by Crippen LogP contribution is 2.35. The maximum atomic E-state index is 4.46. The smallest absolute Gasteiger partial charge is 0.133 e. The van der Waals surface area contributed by atoms with E-state index in [4.69, 9.17) is 0 Å². The number of hydrogen-bond acceptors (Lipinski definition) is 4. The second-order valence-corrected chi connectivity index (χ2v) is 6.65. The molecule has 0 saturated carbocycles. The van der Waals surface area contributed by atoms with Crippen LogP contribution < -0.4 is 5.32 Å². The molecule has 16 heavy (non-hydrogen) atoms. The first-order valence-corrected chi connectivity index (χ1v) is 7.55. The van der Waals surface area contributed by atoms with Crippen molar-refractivity contribution >= 4 is 38.6 Å². The Labute approximate surface area is 112 Å². The monoisotopic (exact) mass is 316 g/mol. The van der Waals surface area contributed by atoms with Crippen molar-refractivity contribution < 1.29 is 0 Å². The number of rotatable bonds is 4. The molecular formula is C11H13BrN2S2. The van der Waals surface area contributed by atoms with E-state index >= 15 is 0 Å². The van der Waals surface area contributed by atoms with E-state index in [0.29, 0.717) is 0 Å². The highest BCUT2D eigenvalue weighted by Gasteiger charge is 2.09. The minimum atomic E-state index is 0.916. The Hall–Kier alpha value is -0.230. The lowest BCUT2D eigenvalue weighted by Gasteiger charge is -1.94. The van der Waals surface area contributed by atoms with Crippen molar-refractivity contribution in [3.8, 4) is 9.88 Å². The fourth-order valence-corrected chi connectivity index (χ4v) is 3.79. The van der Waals surface area contributed by atoms with Crippen LogP contribution >= 0.6 is 38.6 Å². The van der Waals surface area contributed by atoms with Gasteiger partial charge in [0.25, 0.3) is 0 Å². The molecule has 0 bridgehead atoms. The summed E-state index contributed by atoms with van der Waals surface area (Å²) in [4.78, 5) is 8.30. The van der Waals surface area contributed by atoms with Crippen LogP contribution in [0.4, 0.5) is 0 Å². The van der Waals surface area contributed by atoms with Crippen LogP contribution in [0, 0.1) is 6.92 Å². The summed E-state index contributed by atoms with van der Waals surface area (Å²) in [5.41, 5.74) is 0. The van der Waals surface area contributed by atoms with Crippen LogP contribution in [0.1, 0.15) is 16.7 Å². The molecule has 2 aromatic heterocycles. The Morgan fingerprint density at radius 2 is 2.25 bits per heavy atom. The van der Waals surface area contributed by atoms with Gasteiger partial charge in [0.05, 0.1) is 4.88 Å². The first-order chi connectivity index (χ1) is 7.70. The number of nitrogens with one attached hydrogen (secondary N) is 1. The molecule has 0 fully saturated rings. The van der Waals surface area contributed by atoms with Crippen LogP contribution in [0.25, 0.3) is 9.88 Å². The van der Waals surface area contributed by atoms with Crippen molar-refractivity contribution in [3.63, 3.8) is 0 Å². The summed E-state index contributed by atoms with van der Waals surface area (Å²) in [6, 6.07) is 2.15. The first-order valence-electron chi connectivity index (χ1n) is 5.12. The van der Waals surface area contributed by atoms with E-state index in [1.807, 2.05) is 6.20 Å². The largest absolute Gasteiger partial charge is 0.312 e. The number of aromatic nitrogens is 1. The van der Waals surface area contributed by atoms with Gasteiger partial charge in [-0.25, -0.2) is 4.98 Å². The van der Waals surface area contributed by atoms with Gasteiger partial charge in [0.2, 0.25) is 0 Å². The summed E-state index contributed by atoms with van der Waals surface area (Å²) in [6.45, 7) is 6.14. The van der Waals surface area contributed by atoms with Crippen molar-refractivity contribution in [3.05, 3.63) is 26.5 Å². The van der Waals surface area contributed by atoms with Crippen molar-refractivity contribution in [2.24, 2.45) is 0 Å². The van der Waals surface area contributed by atoms with E-state index in [0.717, 1.165) is 18.1 Å². The van der Waals surface area contributed by atoms with Gasteiger partial charge >= 0.3 is 0 Å². The molecule has 0 amide bonds. The van der Waals surface area contributed by atoms with Gasteiger partial charge in [-0.05, 0) is 35.5 Å². The third kappa shape index (κ3) is 2.71. The molecule has 0 spiro atoms. The minimum absolute atomic E-state index is 0.916. The molecule has 0 aliphatic rings. The van der Waals surface area contributed by atoms with Crippen LogP contribution in [0.15, 0.2) is 16.7 Å². The van der Waals surface area contributed by atoms with Gasteiger partial charge in [0.1, 0.15) is 5.01 Å². The molecule has 0 aliphatic carbocycles. The van der Waals surface area contributed by atoms with Gasteiger partial charge in [-0.1, -0.05) is 6.92 Å². The standard InChI is InChI=1S/C11H13BrN2S2/c1-3-13-5-8-6-14-11(16-8)10-4-9(12)7(2)15-10/h4,6,13H,3,5H2,1-2H3. The van der Waals surface area contributed by atoms with Crippen molar-refractivity contribution in [2.75, 3.05) is 6.54 Å². The Balaban J connectivity index is 2.18. The van der Waals surface area contributed by atoms with Crippen molar-refractivity contribution in [1.82, 2.24) is 10.3 Å². The third-order valence-corrected chi connectivity index (χ3v) is 5.47. The van der Waals surface area contributed by atoms with E-state index < -0.39 is 0 Å². The summed E-state index contributed by atoms with van der Waals surface area (Å²) in [5, 5.41) is 4.43. The van der Waals surface area contributed by atoms with E-state index in [2.05, 4.69) is 46.1 Å². The summed E-state index contributed by atoms with van der Waals surface area (Å²) in [5.74, 6) is 0. The molecule has 2 rings (SSSR count).